The summed E-state index contributed by atoms with van der Waals surface area (Å²) in [7, 11) is -1.12. The lowest BCUT2D eigenvalue weighted by Crippen LogP contribution is -2.30. The van der Waals surface area contributed by atoms with Gasteiger partial charge in [0.05, 0.1) is 13.5 Å². The van der Waals surface area contributed by atoms with E-state index >= 15 is 0 Å². The lowest BCUT2D eigenvalue weighted by atomic mass is 10.4. The zero-order chi connectivity index (χ0) is 13.8. The van der Waals surface area contributed by atoms with E-state index in [1.807, 2.05) is 0 Å². The van der Waals surface area contributed by atoms with Crippen LogP contribution in [0.1, 0.15) is 6.42 Å². The second-order valence-electron chi connectivity index (χ2n) is 3.54. The number of anilines is 1. The molecule has 0 aliphatic carbocycles. The summed E-state index contributed by atoms with van der Waals surface area (Å²) in [5.41, 5.74) is 5.52. The van der Waals surface area contributed by atoms with E-state index in [0.29, 0.717) is 0 Å². The van der Waals surface area contributed by atoms with Gasteiger partial charge in [-0.25, -0.2) is 17.7 Å². The molecule has 0 atom stereocenters. The molecule has 0 unspecified atom stereocenters. The molecule has 0 saturated carbocycles. The molecule has 8 heteroatoms. The van der Waals surface area contributed by atoms with E-state index < -0.39 is 16.0 Å². The number of nitrogens with zero attached hydrogens (tertiary/aromatic N) is 2. The van der Waals surface area contributed by atoms with Gasteiger partial charge in [0.2, 0.25) is 10.0 Å². The van der Waals surface area contributed by atoms with Gasteiger partial charge in [0.1, 0.15) is 10.7 Å². The summed E-state index contributed by atoms with van der Waals surface area (Å²) in [5, 5.41) is 0. The van der Waals surface area contributed by atoms with Crippen LogP contribution < -0.4 is 5.73 Å². The number of nitrogen functional groups attached to an aromatic ring is 1. The fourth-order valence-electron chi connectivity index (χ4n) is 1.26. The van der Waals surface area contributed by atoms with Gasteiger partial charge < -0.3 is 10.5 Å². The van der Waals surface area contributed by atoms with Gasteiger partial charge in [-0.2, -0.15) is 0 Å². The number of carbonyl (C=O) groups is 1. The Kier molecular flexibility index (Phi) is 4.62. The van der Waals surface area contributed by atoms with Crippen LogP contribution in [0.5, 0.6) is 0 Å². The van der Waals surface area contributed by atoms with Crippen LogP contribution in [0, 0.1) is 0 Å². The first-order valence-corrected chi connectivity index (χ1v) is 6.57. The third kappa shape index (κ3) is 3.17. The minimum absolute atomic E-state index is 0.0172. The molecule has 1 aromatic rings. The van der Waals surface area contributed by atoms with Crippen LogP contribution in [0.15, 0.2) is 23.2 Å². The van der Waals surface area contributed by atoms with Crippen LogP contribution in [0.3, 0.4) is 0 Å². The minimum Gasteiger partial charge on any atom is -0.469 e. The van der Waals surface area contributed by atoms with E-state index in [2.05, 4.69) is 9.72 Å². The fourth-order valence-corrected chi connectivity index (χ4v) is 2.49. The van der Waals surface area contributed by atoms with Crippen LogP contribution in [0.4, 0.5) is 5.82 Å². The summed E-state index contributed by atoms with van der Waals surface area (Å²) >= 11 is 0. The molecule has 1 rings (SSSR count). The van der Waals surface area contributed by atoms with Gasteiger partial charge in [0.25, 0.3) is 0 Å². The zero-order valence-corrected chi connectivity index (χ0v) is 11.0. The maximum atomic E-state index is 12.1. The normalized spacial score (nSPS) is 11.5. The van der Waals surface area contributed by atoms with Crippen molar-refractivity contribution >= 4 is 21.8 Å². The second kappa shape index (κ2) is 5.78. The number of carbonyl (C=O) groups excluding carboxylic acids is 1. The molecular weight excluding hydrogens is 258 g/mol. The summed E-state index contributed by atoms with van der Waals surface area (Å²) in [6, 6.07) is 2.85. The lowest BCUT2D eigenvalue weighted by Gasteiger charge is -2.17. The number of hydrogen-bond donors (Lipinski definition) is 1. The summed E-state index contributed by atoms with van der Waals surface area (Å²) < 4.78 is 29.7. The number of methoxy groups -OCH3 is 1. The average molecular weight is 273 g/mol. The van der Waals surface area contributed by atoms with Gasteiger partial charge in [-0.15, -0.1) is 0 Å². The molecule has 0 bridgehead atoms. The van der Waals surface area contributed by atoms with Gasteiger partial charge in [-0.05, 0) is 12.1 Å². The molecule has 0 aromatic carbocycles. The number of pyridine rings is 1. The molecule has 0 radical (unpaired) electrons. The molecule has 2 N–H and O–H groups in total. The number of sulfonamides is 1. The molecule has 18 heavy (non-hydrogen) atoms. The number of hydrogen-bond acceptors (Lipinski definition) is 6. The number of esters is 1. The van der Waals surface area contributed by atoms with Crippen LogP contribution in [-0.4, -0.2) is 44.4 Å². The molecule has 100 valence electrons. The van der Waals surface area contributed by atoms with Crippen molar-refractivity contribution in [3.8, 4) is 0 Å². The third-order valence-electron chi connectivity index (χ3n) is 2.35. The quantitative estimate of drug-likeness (QED) is 0.748. The Morgan fingerprint density at radius 3 is 2.78 bits per heavy atom. The highest BCUT2D eigenvalue weighted by atomic mass is 32.2. The van der Waals surface area contributed by atoms with E-state index in [1.54, 1.807) is 0 Å². The first kappa shape index (κ1) is 14.4. The predicted molar refractivity (Wildman–Crippen MR) is 65.1 cm³/mol. The average Bonchev–Trinajstić information content (AvgIpc) is 2.35. The third-order valence-corrected chi connectivity index (χ3v) is 4.25. The number of rotatable bonds is 5. The second-order valence-corrected chi connectivity index (χ2v) is 5.55. The van der Waals surface area contributed by atoms with Crippen molar-refractivity contribution < 1.29 is 17.9 Å². The topological polar surface area (TPSA) is 103 Å². The molecule has 0 aliphatic rings. The molecule has 0 fully saturated rings. The Bertz CT molecular complexity index is 530. The van der Waals surface area contributed by atoms with Crippen molar-refractivity contribution in [2.45, 2.75) is 11.3 Å². The van der Waals surface area contributed by atoms with Crippen LogP contribution in [0.25, 0.3) is 0 Å². The standard InChI is InChI=1S/C10H15N3O4S/c1-13(7-5-9(14)17-2)18(15,16)8-4-3-6-12-10(8)11/h3-4,6H,5,7H2,1-2H3,(H2,11,12). The molecule has 0 aliphatic heterocycles. The van der Waals surface area contributed by atoms with E-state index in [4.69, 9.17) is 5.73 Å². The van der Waals surface area contributed by atoms with E-state index in [0.717, 1.165) is 4.31 Å². The summed E-state index contributed by atoms with van der Waals surface area (Å²) in [6.45, 7) is 0.0172. The van der Waals surface area contributed by atoms with Crippen molar-refractivity contribution in [1.29, 1.82) is 0 Å². The highest BCUT2D eigenvalue weighted by molar-refractivity contribution is 7.89. The maximum absolute atomic E-state index is 12.1. The Morgan fingerprint density at radius 2 is 2.22 bits per heavy atom. The SMILES string of the molecule is COC(=O)CCN(C)S(=O)(=O)c1cccnc1N. The first-order valence-electron chi connectivity index (χ1n) is 5.13. The summed E-state index contributed by atoms with van der Waals surface area (Å²) in [4.78, 5) is 14.6. The van der Waals surface area contributed by atoms with Crippen molar-refractivity contribution in [3.63, 3.8) is 0 Å². The zero-order valence-electron chi connectivity index (χ0n) is 10.2. The molecule has 0 spiro atoms. The molecule has 0 amide bonds. The Hall–Kier alpha value is -1.67. The van der Waals surface area contributed by atoms with Crippen molar-refractivity contribution in [3.05, 3.63) is 18.3 Å². The predicted octanol–water partition coefficient (Wildman–Crippen LogP) is -0.153. The number of ether oxygens (including phenoxy) is 1. The van der Waals surface area contributed by atoms with Crippen molar-refractivity contribution in [2.75, 3.05) is 26.4 Å². The smallest absolute Gasteiger partial charge is 0.306 e. The van der Waals surface area contributed by atoms with E-state index in [1.165, 1.54) is 32.5 Å². The van der Waals surface area contributed by atoms with Gasteiger partial charge in [-0.3, -0.25) is 4.79 Å². The van der Waals surface area contributed by atoms with Crippen LogP contribution in [0.2, 0.25) is 0 Å². The maximum Gasteiger partial charge on any atom is 0.306 e. The van der Waals surface area contributed by atoms with E-state index in [-0.39, 0.29) is 23.7 Å². The van der Waals surface area contributed by atoms with Crippen molar-refractivity contribution in [1.82, 2.24) is 9.29 Å². The largest absolute Gasteiger partial charge is 0.469 e. The van der Waals surface area contributed by atoms with E-state index in [9.17, 15) is 13.2 Å². The molecule has 7 nitrogen and oxygen atoms in total. The van der Waals surface area contributed by atoms with Gasteiger partial charge in [0.15, 0.2) is 0 Å². The first-order chi connectivity index (χ1) is 8.39. The molecule has 1 aromatic heterocycles. The number of aromatic nitrogens is 1. The molecule has 0 saturated heterocycles. The number of nitrogens with two attached hydrogens (primary N) is 1. The fraction of sp³-hybridized carbons (Fsp3) is 0.400. The van der Waals surface area contributed by atoms with Gasteiger partial charge in [-0.1, -0.05) is 0 Å². The Balaban J connectivity index is 2.87. The summed E-state index contributed by atoms with van der Waals surface area (Å²) in [5.74, 6) is -0.543. The van der Waals surface area contributed by atoms with Gasteiger partial charge >= 0.3 is 5.97 Å². The van der Waals surface area contributed by atoms with Crippen molar-refractivity contribution in [2.24, 2.45) is 0 Å². The van der Waals surface area contributed by atoms with Crippen LogP contribution in [-0.2, 0) is 19.6 Å². The van der Waals surface area contributed by atoms with Crippen LogP contribution >= 0.6 is 0 Å². The lowest BCUT2D eigenvalue weighted by molar-refractivity contribution is -0.140. The minimum atomic E-state index is -3.74. The van der Waals surface area contributed by atoms with Gasteiger partial charge in [0, 0.05) is 19.8 Å². The molecule has 1 heterocycles. The highest BCUT2D eigenvalue weighted by Crippen LogP contribution is 2.18. The Morgan fingerprint density at radius 1 is 1.56 bits per heavy atom. The monoisotopic (exact) mass is 273 g/mol. The summed E-state index contributed by atoms with van der Waals surface area (Å²) in [6.07, 6.45) is 1.38. The Labute approximate surface area is 106 Å². The highest BCUT2D eigenvalue weighted by Gasteiger charge is 2.24. The molecular formula is C10H15N3O4S.